The molecule has 1 atom stereocenters. The smallest absolute Gasteiger partial charge is 0.346 e. The van der Waals surface area contributed by atoms with Gasteiger partial charge in [0.05, 0.1) is 6.21 Å². The van der Waals surface area contributed by atoms with E-state index in [2.05, 4.69) is 27.5 Å². The van der Waals surface area contributed by atoms with Gasteiger partial charge in [-0.3, -0.25) is 4.79 Å². The SMILES string of the molecule is CC[C@@]1(C)NC(=O)N(N=Cc2ccc(N3CCCCC3)cc2)C1=O. The van der Waals surface area contributed by atoms with E-state index in [9.17, 15) is 9.59 Å². The molecule has 3 amide bonds. The highest BCUT2D eigenvalue weighted by atomic mass is 16.2. The number of carbonyl (C=O) groups excluding carboxylic acids is 2. The van der Waals surface area contributed by atoms with Crippen LogP contribution in [0.25, 0.3) is 0 Å². The number of rotatable bonds is 4. The van der Waals surface area contributed by atoms with Crippen LogP contribution in [0.1, 0.15) is 45.1 Å². The van der Waals surface area contributed by atoms with E-state index in [-0.39, 0.29) is 5.91 Å². The zero-order valence-corrected chi connectivity index (χ0v) is 14.3. The Morgan fingerprint density at radius 2 is 1.83 bits per heavy atom. The Balaban J connectivity index is 1.68. The van der Waals surface area contributed by atoms with Crippen LogP contribution >= 0.6 is 0 Å². The lowest BCUT2D eigenvalue weighted by atomic mass is 10.00. The second kappa shape index (κ2) is 6.63. The van der Waals surface area contributed by atoms with E-state index >= 15 is 0 Å². The number of carbonyl (C=O) groups is 2. The van der Waals surface area contributed by atoms with Crippen molar-refractivity contribution in [1.82, 2.24) is 10.3 Å². The summed E-state index contributed by atoms with van der Waals surface area (Å²) < 4.78 is 0. The third-order valence-electron chi connectivity index (χ3n) is 4.88. The van der Waals surface area contributed by atoms with E-state index in [0.717, 1.165) is 23.7 Å². The average Bonchev–Trinajstić information content (AvgIpc) is 2.84. The van der Waals surface area contributed by atoms with Crippen LogP contribution in [-0.2, 0) is 4.79 Å². The van der Waals surface area contributed by atoms with Crippen molar-refractivity contribution in [2.45, 2.75) is 45.1 Å². The standard InChI is InChI=1S/C18H24N4O2/c1-3-18(2)16(23)22(17(24)20-18)19-13-14-7-9-15(10-8-14)21-11-5-4-6-12-21/h7-10,13H,3-6,11-12H2,1-2H3,(H,20,24)/t18-/m1/s1. The van der Waals surface area contributed by atoms with Gasteiger partial charge >= 0.3 is 6.03 Å². The van der Waals surface area contributed by atoms with E-state index < -0.39 is 11.6 Å². The molecule has 1 aromatic rings. The largest absolute Gasteiger partial charge is 0.372 e. The van der Waals surface area contributed by atoms with Crippen molar-refractivity contribution < 1.29 is 9.59 Å². The van der Waals surface area contributed by atoms with E-state index in [4.69, 9.17) is 0 Å². The van der Waals surface area contributed by atoms with E-state index in [1.165, 1.54) is 24.9 Å². The van der Waals surface area contributed by atoms with Crippen molar-refractivity contribution in [2.24, 2.45) is 5.10 Å². The molecule has 128 valence electrons. The molecule has 0 aromatic heterocycles. The third kappa shape index (κ3) is 3.13. The van der Waals surface area contributed by atoms with Crippen molar-refractivity contribution in [3.05, 3.63) is 29.8 Å². The number of amides is 3. The van der Waals surface area contributed by atoms with E-state index in [1.807, 2.05) is 19.1 Å². The first-order chi connectivity index (χ1) is 11.5. The first kappa shape index (κ1) is 16.5. The summed E-state index contributed by atoms with van der Waals surface area (Å²) in [6, 6.07) is 7.59. The number of anilines is 1. The summed E-state index contributed by atoms with van der Waals surface area (Å²) >= 11 is 0. The molecule has 0 bridgehead atoms. The highest BCUT2D eigenvalue weighted by Gasteiger charge is 2.46. The topological polar surface area (TPSA) is 65.0 Å². The monoisotopic (exact) mass is 328 g/mol. The van der Waals surface area contributed by atoms with Crippen molar-refractivity contribution in [3.63, 3.8) is 0 Å². The molecule has 0 aliphatic carbocycles. The fourth-order valence-corrected chi connectivity index (χ4v) is 3.06. The Morgan fingerprint density at radius 3 is 2.42 bits per heavy atom. The Labute approximate surface area is 142 Å². The molecule has 3 rings (SSSR count). The predicted octanol–water partition coefficient (Wildman–Crippen LogP) is 2.73. The third-order valence-corrected chi connectivity index (χ3v) is 4.88. The Bertz CT molecular complexity index is 649. The van der Waals surface area contributed by atoms with Gasteiger partial charge in [0.1, 0.15) is 5.54 Å². The second-order valence-corrected chi connectivity index (χ2v) is 6.62. The molecule has 2 aliphatic heterocycles. The lowest BCUT2D eigenvalue weighted by Crippen LogP contribution is -2.42. The normalized spacial score (nSPS) is 24.8. The highest BCUT2D eigenvalue weighted by Crippen LogP contribution is 2.22. The molecule has 2 fully saturated rings. The van der Waals surface area contributed by atoms with Crippen LogP contribution in [0.3, 0.4) is 0 Å². The van der Waals surface area contributed by atoms with Gasteiger partial charge in [0, 0.05) is 18.8 Å². The van der Waals surface area contributed by atoms with Crippen LogP contribution in [0.15, 0.2) is 29.4 Å². The number of hydrogen-bond donors (Lipinski definition) is 1. The van der Waals surface area contributed by atoms with Gasteiger partial charge in [-0.25, -0.2) is 4.79 Å². The van der Waals surface area contributed by atoms with Crippen molar-refractivity contribution >= 4 is 23.8 Å². The quantitative estimate of drug-likeness (QED) is 0.683. The van der Waals surface area contributed by atoms with E-state index in [0.29, 0.717) is 6.42 Å². The maximum atomic E-state index is 12.3. The van der Waals surface area contributed by atoms with Gasteiger partial charge in [0.25, 0.3) is 5.91 Å². The molecule has 6 nitrogen and oxygen atoms in total. The van der Waals surface area contributed by atoms with Crippen LogP contribution in [0, 0.1) is 0 Å². The molecular formula is C18H24N4O2. The molecule has 0 unspecified atom stereocenters. The van der Waals surface area contributed by atoms with Gasteiger partial charge in [0.2, 0.25) is 0 Å². The number of urea groups is 1. The maximum Gasteiger partial charge on any atom is 0.346 e. The number of nitrogens with one attached hydrogen (secondary N) is 1. The fourth-order valence-electron chi connectivity index (χ4n) is 3.06. The summed E-state index contributed by atoms with van der Waals surface area (Å²) in [7, 11) is 0. The van der Waals surface area contributed by atoms with Gasteiger partial charge in [-0.15, -0.1) is 5.01 Å². The molecule has 1 N–H and O–H groups in total. The molecule has 0 saturated carbocycles. The van der Waals surface area contributed by atoms with Crippen LogP contribution in [0.5, 0.6) is 0 Å². The van der Waals surface area contributed by atoms with Crippen LogP contribution in [0.4, 0.5) is 10.5 Å². The van der Waals surface area contributed by atoms with Gasteiger partial charge in [0.15, 0.2) is 0 Å². The van der Waals surface area contributed by atoms with Gasteiger partial charge in [-0.05, 0) is 50.3 Å². The van der Waals surface area contributed by atoms with Crippen molar-refractivity contribution in [2.75, 3.05) is 18.0 Å². The molecule has 2 saturated heterocycles. The number of imide groups is 1. The summed E-state index contributed by atoms with van der Waals surface area (Å²) in [5.41, 5.74) is 1.22. The van der Waals surface area contributed by atoms with Crippen LogP contribution in [-0.4, -0.2) is 41.8 Å². The highest BCUT2D eigenvalue weighted by molar-refractivity contribution is 6.07. The lowest BCUT2D eigenvalue weighted by Gasteiger charge is -2.28. The van der Waals surface area contributed by atoms with Crippen molar-refractivity contribution in [3.8, 4) is 0 Å². The molecule has 2 aliphatic rings. The first-order valence-electron chi connectivity index (χ1n) is 8.59. The van der Waals surface area contributed by atoms with Gasteiger partial charge in [-0.2, -0.15) is 5.10 Å². The number of benzene rings is 1. The Hall–Kier alpha value is -2.37. The summed E-state index contributed by atoms with van der Waals surface area (Å²) in [5, 5.41) is 7.68. The Kier molecular flexibility index (Phi) is 4.55. The molecule has 24 heavy (non-hydrogen) atoms. The number of piperidine rings is 1. The molecule has 1 aromatic carbocycles. The molecular weight excluding hydrogens is 304 g/mol. The minimum absolute atomic E-state index is 0.309. The minimum Gasteiger partial charge on any atom is -0.372 e. The number of hydrazone groups is 1. The number of hydrogen-bond acceptors (Lipinski definition) is 4. The minimum atomic E-state index is -0.855. The molecule has 2 heterocycles. The fraction of sp³-hybridized carbons (Fsp3) is 0.500. The van der Waals surface area contributed by atoms with Gasteiger partial charge < -0.3 is 10.2 Å². The summed E-state index contributed by atoms with van der Waals surface area (Å²) in [4.78, 5) is 26.6. The summed E-state index contributed by atoms with van der Waals surface area (Å²) in [6.45, 7) is 5.79. The average molecular weight is 328 g/mol. The van der Waals surface area contributed by atoms with Crippen LogP contribution < -0.4 is 10.2 Å². The first-order valence-corrected chi connectivity index (χ1v) is 8.59. The lowest BCUT2D eigenvalue weighted by molar-refractivity contribution is -0.130. The predicted molar refractivity (Wildman–Crippen MR) is 94.2 cm³/mol. The second-order valence-electron chi connectivity index (χ2n) is 6.62. The van der Waals surface area contributed by atoms with Gasteiger partial charge in [-0.1, -0.05) is 19.1 Å². The molecule has 0 spiro atoms. The number of nitrogens with zero attached hydrogens (tertiary/aromatic N) is 3. The zero-order chi connectivity index (χ0) is 17.2. The summed E-state index contributed by atoms with van der Waals surface area (Å²) in [5.74, 6) is -0.309. The van der Waals surface area contributed by atoms with Crippen LogP contribution in [0.2, 0.25) is 0 Å². The van der Waals surface area contributed by atoms with Crippen molar-refractivity contribution in [1.29, 1.82) is 0 Å². The Morgan fingerprint density at radius 1 is 1.17 bits per heavy atom. The molecule has 0 radical (unpaired) electrons. The zero-order valence-electron chi connectivity index (χ0n) is 14.3. The molecule has 6 heteroatoms. The van der Waals surface area contributed by atoms with E-state index in [1.54, 1.807) is 13.1 Å². The summed E-state index contributed by atoms with van der Waals surface area (Å²) in [6.07, 6.45) is 5.88. The maximum absolute atomic E-state index is 12.3.